The van der Waals surface area contributed by atoms with Crippen LogP contribution in [0.2, 0.25) is 0 Å². The van der Waals surface area contributed by atoms with Crippen LogP contribution in [0.1, 0.15) is 26.2 Å². The Hall–Kier alpha value is -0.120. The lowest BCUT2D eigenvalue weighted by Crippen LogP contribution is -2.30. The van der Waals surface area contributed by atoms with Gasteiger partial charge in [-0.05, 0) is 26.2 Å². The quantitative estimate of drug-likeness (QED) is 0.461. The third kappa shape index (κ3) is 0.689. The summed E-state index contributed by atoms with van der Waals surface area (Å²) in [5.41, 5.74) is -0.139. The van der Waals surface area contributed by atoms with Crippen molar-refractivity contribution in [1.29, 1.82) is 0 Å². The van der Waals surface area contributed by atoms with Crippen molar-refractivity contribution >= 4 is 0 Å². The van der Waals surface area contributed by atoms with Crippen molar-refractivity contribution in [2.45, 2.75) is 37.9 Å². The molecule has 0 N–H and O–H groups in total. The highest BCUT2D eigenvalue weighted by atomic mass is 17.5. The van der Waals surface area contributed by atoms with Crippen molar-refractivity contribution < 1.29 is 14.8 Å². The first-order chi connectivity index (χ1) is 4.31. The van der Waals surface area contributed by atoms with Crippen LogP contribution in [0, 0.1) is 0 Å². The van der Waals surface area contributed by atoms with E-state index in [0.717, 1.165) is 12.8 Å². The number of fused-ring (bicyclic) bond motifs is 1. The number of rotatable bonds is 0. The highest BCUT2D eigenvalue weighted by Crippen LogP contribution is 2.39. The van der Waals surface area contributed by atoms with E-state index in [1.165, 1.54) is 6.42 Å². The minimum atomic E-state index is -0.139. The zero-order valence-electron chi connectivity index (χ0n) is 5.42. The number of hydrogen-bond donors (Lipinski definition) is 0. The maximum absolute atomic E-state index is 4.94. The molecular formula is C6H10O3. The lowest BCUT2D eigenvalue weighted by Gasteiger charge is -2.14. The average molecular weight is 130 g/mol. The van der Waals surface area contributed by atoms with E-state index in [1.807, 2.05) is 6.92 Å². The molecule has 2 atom stereocenters. The van der Waals surface area contributed by atoms with Gasteiger partial charge in [-0.2, -0.15) is 9.78 Å². The molecule has 0 amide bonds. The van der Waals surface area contributed by atoms with Crippen molar-refractivity contribution in [3.63, 3.8) is 0 Å². The van der Waals surface area contributed by atoms with Crippen LogP contribution in [-0.4, -0.2) is 11.7 Å². The molecule has 2 aliphatic rings. The van der Waals surface area contributed by atoms with Gasteiger partial charge in [0.05, 0.1) is 0 Å². The summed E-state index contributed by atoms with van der Waals surface area (Å²) in [4.78, 5) is 9.80. The molecule has 1 aliphatic carbocycles. The van der Waals surface area contributed by atoms with Gasteiger partial charge >= 0.3 is 0 Å². The lowest BCUT2D eigenvalue weighted by atomic mass is 10.0. The predicted octanol–water partition coefficient (Wildman–Crippen LogP) is 1.19. The predicted molar refractivity (Wildman–Crippen MR) is 29.3 cm³/mol. The fraction of sp³-hybridized carbons (Fsp3) is 1.00. The van der Waals surface area contributed by atoms with Crippen LogP contribution in [0.3, 0.4) is 0 Å². The van der Waals surface area contributed by atoms with E-state index in [1.54, 1.807) is 0 Å². The molecule has 0 bridgehead atoms. The summed E-state index contributed by atoms with van der Waals surface area (Å²) in [6, 6.07) is 0. The van der Waals surface area contributed by atoms with Gasteiger partial charge in [-0.1, -0.05) is 5.04 Å². The molecule has 3 nitrogen and oxygen atoms in total. The van der Waals surface area contributed by atoms with Crippen LogP contribution in [-0.2, 0) is 14.8 Å². The van der Waals surface area contributed by atoms with Gasteiger partial charge in [0.15, 0.2) is 0 Å². The van der Waals surface area contributed by atoms with Crippen molar-refractivity contribution in [1.82, 2.24) is 0 Å². The Bertz CT molecular complexity index is 113. The third-order valence-electron chi connectivity index (χ3n) is 2.20. The van der Waals surface area contributed by atoms with Crippen LogP contribution in [0.15, 0.2) is 0 Å². The summed E-state index contributed by atoms with van der Waals surface area (Å²) in [6.45, 7) is 2.03. The average Bonchev–Trinajstić information content (AvgIpc) is 2.22. The van der Waals surface area contributed by atoms with Crippen molar-refractivity contribution in [2.24, 2.45) is 0 Å². The van der Waals surface area contributed by atoms with Gasteiger partial charge < -0.3 is 0 Å². The van der Waals surface area contributed by atoms with Gasteiger partial charge in [0, 0.05) is 0 Å². The van der Waals surface area contributed by atoms with Crippen molar-refractivity contribution in [3.8, 4) is 0 Å². The second-order valence-electron chi connectivity index (χ2n) is 2.94. The monoisotopic (exact) mass is 130 g/mol. The van der Waals surface area contributed by atoms with E-state index < -0.39 is 0 Å². The smallest absolute Gasteiger partial charge is 0.133 e. The molecule has 0 radical (unpaired) electrons. The largest absolute Gasteiger partial charge is 0.200 e. The third-order valence-corrected chi connectivity index (χ3v) is 2.20. The zero-order chi connectivity index (χ0) is 6.32. The summed E-state index contributed by atoms with van der Waals surface area (Å²) >= 11 is 0. The fourth-order valence-corrected chi connectivity index (χ4v) is 1.49. The molecule has 0 spiro atoms. The highest BCUT2D eigenvalue weighted by molar-refractivity contribution is 4.91. The molecule has 2 fully saturated rings. The molecule has 2 rings (SSSR count). The van der Waals surface area contributed by atoms with E-state index in [9.17, 15) is 0 Å². The van der Waals surface area contributed by atoms with Gasteiger partial charge in [0.1, 0.15) is 11.7 Å². The molecule has 2 unspecified atom stereocenters. The molecule has 1 saturated carbocycles. The lowest BCUT2D eigenvalue weighted by molar-refractivity contribution is -0.475. The standard InChI is InChI=1S/C6H10O3/c1-6-4-2-3-5(6)7-9-8-6/h5H,2-4H2,1H3. The molecule has 3 heteroatoms. The molecule has 9 heavy (non-hydrogen) atoms. The minimum absolute atomic E-state index is 0.139. The van der Waals surface area contributed by atoms with Gasteiger partial charge in [-0.3, -0.25) is 0 Å². The van der Waals surface area contributed by atoms with E-state index in [4.69, 9.17) is 9.78 Å². The normalized spacial score (nSPS) is 49.7. The molecular weight excluding hydrogens is 120 g/mol. The van der Waals surface area contributed by atoms with Crippen LogP contribution >= 0.6 is 0 Å². The zero-order valence-corrected chi connectivity index (χ0v) is 5.42. The Morgan fingerprint density at radius 1 is 1.56 bits per heavy atom. The van der Waals surface area contributed by atoms with Gasteiger partial charge in [-0.25, -0.2) is 0 Å². The second-order valence-corrected chi connectivity index (χ2v) is 2.94. The SMILES string of the molecule is CC12CCCC1OOO2. The van der Waals surface area contributed by atoms with Crippen molar-refractivity contribution in [3.05, 3.63) is 0 Å². The Kier molecular flexibility index (Phi) is 1.06. The van der Waals surface area contributed by atoms with Gasteiger partial charge in [0.25, 0.3) is 0 Å². The van der Waals surface area contributed by atoms with Crippen LogP contribution < -0.4 is 0 Å². The first-order valence-corrected chi connectivity index (χ1v) is 3.32. The summed E-state index contributed by atoms with van der Waals surface area (Å²) in [7, 11) is 0. The van der Waals surface area contributed by atoms with Gasteiger partial charge in [0.2, 0.25) is 0 Å². The van der Waals surface area contributed by atoms with E-state index in [2.05, 4.69) is 5.04 Å². The first kappa shape index (κ1) is 5.65. The maximum Gasteiger partial charge on any atom is 0.133 e. The van der Waals surface area contributed by atoms with E-state index in [-0.39, 0.29) is 11.7 Å². The van der Waals surface area contributed by atoms with E-state index in [0.29, 0.717) is 0 Å². The van der Waals surface area contributed by atoms with E-state index >= 15 is 0 Å². The summed E-state index contributed by atoms with van der Waals surface area (Å²) in [5, 5.41) is 4.41. The molecule has 0 aromatic rings. The second kappa shape index (κ2) is 1.68. The Labute approximate surface area is 53.8 Å². The summed E-state index contributed by atoms with van der Waals surface area (Å²) < 4.78 is 0. The number of hydrogen-bond acceptors (Lipinski definition) is 3. The maximum atomic E-state index is 4.94. The Balaban J connectivity index is 2.17. The molecule has 0 aromatic heterocycles. The molecule has 1 heterocycles. The van der Waals surface area contributed by atoms with Crippen molar-refractivity contribution in [2.75, 3.05) is 0 Å². The molecule has 0 aromatic carbocycles. The summed E-state index contributed by atoms with van der Waals surface area (Å²) in [5.74, 6) is 0. The molecule has 1 aliphatic heterocycles. The first-order valence-electron chi connectivity index (χ1n) is 3.32. The fourth-order valence-electron chi connectivity index (χ4n) is 1.49. The van der Waals surface area contributed by atoms with Crippen LogP contribution in [0.5, 0.6) is 0 Å². The molecule has 1 saturated heterocycles. The topological polar surface area (TPSA) is 27.7 Å². The highest BCUT2D eigenvalue weighted by Gasteiger charge is 2.47. The Morgan fingerprint density at radius 3 is 3.22 bits per heavy atom. The van der Waals surface area contributed by atoms with Crippen LogP contribution in [0.25, 0.3) is 0 Å². The Morgan fingerprint density at radius 2 is 2.44 bits per heavy atom. The molecule has 52 valence electrons. The summed E-state index contributed by atoms with van der Waals surface area (Å²) in [6.07, 6.45) is 3.48. The van der Waals surface area contributed by atoms with Crippen LogP contribution in [0.4, 0.5) is 0 Å². The minimum Gasteiger partial charge on any atom is -0.200 e. The van der Waals surface area contributed by atoms with Gasteiger partial charge in [-0.15, -0.1) is 0 Å².